The molecule has 1 unspecified atom stereocenters. The first kappa shape index (κ1) is 18.0. The maximum Gasteiger partial charge on any atom is 0.246 e. The summed E-state index contributed by atoms with van der Waals surface area (Å²) in [5.41, 5.74) is -0.325. The summed E-state index contributed by atoms with van der Waals surface area (Å²) >= 11 is 12.4. The van der Waals surface area contributed by atoms with Crippen LogP contribution in [0.15, 0.2) is 23.2 Å². The van der Waals surface area contributed by atoms with E-state index in [-0.39, 0.29) is 25.2 Å². The maximum absolute atomic E-state index is 13.1. The zero-order valence-corrected chi connectivity index (χ0v) is 15.7. The third kappa shape index (κ3) is 2.87. The first-order valence-corrected chi connectivity index (χ1v) is 9.07. The van der Waals surface area contributed by atoms with Crippen LogP contribution in [0.5, 0.6) is 0 Å². The van der Waals surface area contributed by atoms with Crippen LogP contribution < -0.4 is 10.2 Å². The van der Waals surface area contributed by atoms with Gasteiger partial charge in [0.25, 0.3) is 0 Å². The third-order valence-electron chi connectivity index (χ3n) is 4.83. The highest BCUT2D eigenvalue weighted by Crippen LogP contribution is 2.37. The maximum atomic E-state index is 13.1. The average Bonchev–Trinajstić information content (AvgIpc) is 2.61. The molecule has 134 valence electrons. The van der Waals surface area contributed by atoms with E-state index in [4.69, 9.17) is 23.2 Å². The van der Waals surface area contributed by atoms with Gasteiger partial charge in [0.05, 0.1) is 15.7 Å². The largest absolute Gasteiger partial charge is 0.332 e. The monoisotopic (exact) mass is 382 g/mol. The molecule has 1 atom stereocenters. The molecule has 0 radical (unpaired) electrons. The molecule has 0 bridgehead atoms. The van der Waals surface area contributed by atoms with Crippen molar-refractivity contribution in [3.63, 3.8) is 0 Å². The van der Waals surface area contributed by atoms with E-state index in [1.54, 1.807) is 12.1 Å². The first-order valence-electron chi connectivity index (χ1n) is 8.31. The summed E-state index contributed by atoms with van der Waals surface area (Å²) in [5.74, 6) is -0.155. The van der Waals surface area contributed by atoms with Gasteiger partial charge in [-0.05, 0) is 25.0 Å². The molecule has 2 heterocycles. The number of hydrogen-bond donors (Lipinski definition) is 1. The van der Waals surface area contributed by atoms with Crippen LogP contribution in [-0.2, 0) is 9.59 Å². The van der Waals surface area contributed by atoms with Gasteiger partial charge in [-0.3, -0.25) is 19.8 Å². The minimum Gasteiger partial charge on any atom is -0.332 e. The van der Waals surface area contributed by atoms with Crippen LogP contribution in [0.2, 0.25) is 10.0 Å². The number of hydrogen-bond acceptors (Lipinski definition) is 4. The van der Waals surface area contributed by atoms with Crippen molar-refractivity contribution < 1.29 is 9.59 Å². The van der Waals surface area contributed by atoms with Gasteiger partial charge >= 0.3 is 0 Å². The molecular formula is C17H20Cl2N4O2. The van der Waals surface area contributed by atoms with Gasteiger partial charge < -0.3 is 4.90 Å². The molecule has 0 spiro atoms. The number of anilines is 1. The number of amides is 2. The topological polar surface area (TPSA) is 65.0 Å². The van der Waals surface area contributed by atoms with Gasteiger partial charge in [0.1, 0.15) is 18.8 Å². The molecule has 1 aromatic carbocycles. The lowest BCUT2D eigenvalue weighted by Gasteiger charge is -2.44. The van der Waals surface area contributed by atoms with E-state index < -0.39 is 5.41 Å². The zero-order valence-electron chi connectivity index (χ0n) is 14.2. The minimum absolute atomic E-state index is 0.206. The van der Waals surface area contributed by atoms with E-state index >= 15 is 0 Å². The zero-order chi connectivity index (χ0) is 18.2. The highest BCUT2D eigenvalue weighted by Gasteiger charge is 2.52. The standard InChI is InChI=1S/C17H20Cl2N4O2/c1-3-8-17(4-2)14(24)21-16-20-9-22(10-23(16)15(17)25)12-7-5-6-11(18)13(12)19/h5-7H,3-4,8-10H2,1-2H3,(H,20,21,24). The molecule has 6 nitrogen and oxygen atoms in total. The van der Waals surface area contributed by atoms with Crippen molar-refractivity contribution in [1.29, 1.82) is 0 Å². The van der Waals surface area contributed by atoms with Crippen molar-refractivity contribution in [3.8, 4) is 0 Å². The molecule has 1 aromatic rings. The Morgan fingerprint density at radius 1 is 1.28 bits per heavy atom. The molecule has 0 aliphatic carbocycles. The quantitative estimate of drug-likeness (QED) is 0.812. The number of fused-ring (bicyclic) bond motifs is 1. The lowest BCUT2D eigenvalue weighted by molar-refractivity contribution is -0.151. The fourth-order valence-corrected chi connectivity index (χ4v) is 3.80. The van der Waals surface area contributed by atoms with Gasteiger partial charge in [0, 0.05) is 0 Å². The molecule has 2 amide bonds. The first-order chi connectivity index (χ1) is 11.9. The fraction of sp³-hybridized carbons (Fsp3) is 0.471. The van der Waals surface area contributed by atoms with Crippen molar-refractivity contribution in [1.82, 2.24) is 10.2 Å². The lowest BCUT2D eigenvalue weighted by Crippen LogP contribution is -2.67. The van der Waals surface area contributed by atoms with E-state index in [1.165, 1.54) is 4.90 Å². The fourth-order valence-electron chi connectivity index (χ4n) is 3.39. The number of nitrogens with one attached hydrogen (secondary N) is 1. The average molecular weight is 383 g/mol. The van der Waals surface area contributed by atoms with Crippen molar-refractivity contribution >= 4 is 46.7 Å². The molecular weight excluding hydrogens is 363 g/mol. The Kier molecular flexibility index (Phi) is 4.93. The number of nitrogens with zero attached hydrogens (tertiary/aromatic N) is 3. The molecule has 1 fully saturated rings. The molecule has 8 heteroatoms. The van der Waals surface area contributed by atoms with E-state index in [0.717, 1.165) is 6.42 Å². The molecule has 2 aliphatic heterocycles. The van der Waals surface area contributed by atoms with Crippen LogP contribution in [-0.4, -0.2) is 36.0 Å². The molecule has 0 saturated carbocycles. The SMILES string of the molecule is CCCC1(CC)C(=O)NC2=NCN(c3cccc(Cl)c3Cl)CN2C1=O. The second kappa shape index (κ2) is 6.84. The summed E-state index contributed by atoms with van der Waals surface area (Å²) in [5, 5.41) is 3.67. The molecule has 1 N–H and O–H groups in total. The van der Waals surface area contributed by atoms with Gasteiger partial charge in [-0.25, -0.2) is 4.99 Å². The summed E-state index contributed by atoms with van der Waals surface area (Å²) in [7, 11) is 0. The number of rotatable bonds is 4. The minimum atomic E-state index is -1.03. The van der Waals surface area contributed by atoms with Crippen molar-refractivity contribution in [2.24, 2.45) is 10.4 Å². The summed E-state index contributed by atoms with van der Waals surface area (Å²) in [6, 6.07) is 5.35. The number of carbonyl (C=O) groups excluding carboxylic acids is 2. The van der Waals surface area contributed by atoms with E-state index in [2.05, 4.69) is 10.3 Å². The van der Waals surface area contributed by atoms with Gasteiger partial charge in [0.15, 0.2) is 0 Å². The molecule has 2 aliphatic rings. The van der Waals surface area contributed by atoms with E-state index in [9.17, 15) is 9.59 Å². The van der Waals surface area contributed by atoms with Crippen molar-refractivity contribution in [3.05, 3.63) is 28.2 Å². The van der Waals surface area contributed by atoms with Gasteiger partial charge in [-0.15, -0.1) is 0 Å². The van der Waals surface area contributed by atoms with Gasteiger partial charge in [0.2, 0.25) is 17.8 Å². The van der Waals surface area contributed by atoms with Crippen LogP contribution >= 0.6 is 23.2 Å². The van der Waals surface area contributed by atoms with Crippen LogP contribution in [0.25, 0.3) is 0 Å². The molecule has 25 heavy (non-hydrogen) atoms. The van der Waals surface area contributed by atoms with Crippen LogP contribution in [0.3, 0.4) is 0 Å². The number of halogens is 2. The van der Waals surface area contributed by atoms with Crippen LogP contribution in [0, 0.1) is 5.41 Å². The Morgan fingerprint density at radius 3 is 2.72 bits per heavy atom. The summed E-state index contributed by atoms with van der Waals surface area (Å²) < 4.78 is 0. The molecule has 0 aromatic heterocycles. The second-order valence-electron chi connectivity index (χ2n) is 6.25. The van der Waals surface area contributed by atoms with Gasteiger partial charge in [-0.1, -0.05) is 49.5 Å². The second-order valence-corrected chi connectivity index (χ2v) is 7.04. The Hall–Kier alpha value is -1.79. The van der Waals surface area contributed by atoms with E-state index in [1.807, 2.05) is 24.8 Å². The lowest BCUT2D eigenvalue weighted by atomic mass is 9.77. The molecule has 3 rings (SSSR count). The van der Waals surface area contributed by atoms with Crippen LogP contribution in [0.4, 0.5) is 5.69 Å². The Labute approximate surface area is 156 Å². The molecule has 1 saturated heterocycles. The predicted octanol–water partition coefficient (Wildman–Crippen LogP) is 3.24. The van der Waals surface area contributed by atoms with E-state index in [0.29, 0.717) is 34.5 Å². The smallest absolute Gasteiger partial charge is 0.246 e. The number of carbonyl (C=O) groups is 2. The van der Waals surface area contributed by atoms with Crippen LogP contribution in [0.1, 0.15) is 33.1 Å². The summed E-state index contributed by atoms with van der Waals surface area (Å²) in [6.07, 6.45) is 1.71. The Bertz CT molecular complexity index is 752. The van der Waals surface area contributed by atoms with Crippen molar-refractivity contribution in [2.75, 3.05) is 18.2 Å². The number of guanidine groups is 1. The highest BCUT2D eigenvalue weighted by molar-refractivity contribution is 6.43. The number of aliphatic imine (C=N–C) groups is 1. The third-order valence-corrected chi connectivity index (χ3v) is 5.63. The normalized spacial score (nSPS) is 23.3. The summed E-state index contributed by atoms with van der Waals surface area (Å²) in [6.45, 7) is 4.39. The predicted molar refractivity (Wildman–Crippen MR) is 98.7 cm³/mol. The summed E-state index contributed by atoms with van der Waals surface area (Å²) in [4.78, 5) is 33.4. The van der Waals surface area contributed by atoms with Crippen molar-refractivity contribution in [2.45, 2.75) is 33.1 Å². The van der Waals surface area contributed by atoms with Gasteiger partial charge in [-0.2, -0.15) is 0 Å². The number of benzene rings is 1. The Balaban J connectivity index is 1.94. The Morgan fingerprint density at radius 2 is 2.04 bits per heavy atom. The highest BCUT2D eigenvalue weighted by atomic mass is 35.5.